The first-order valence-corrected chi connectivity index (χ1v) is 9.11. The molecule has 0 unspecified atom stereocenters. The number of carbonyl (C=O) groups is 1. The van der Waals surface area contributed by atoms with Gasteiger partial charge in [0.05, 0.1) is 17.8 Å². The Balaban J connectivity index is 1.60. The lowest BCUT2D eigenvalue weighted by Gasteiger charge is -2.07. The molecule has 4 aromatic rings. The standard InChI is InChI=1S/C23H18N4O2/c1-16-10-11-22(29-16)23(28)26-25-13-19-15-27(21-9-5-4-8-20(19)21)14-18-7-3-2-6-17(18)12-24/h2-11,13,15H,14H2,1H3,(H,26,28)/b25-13-. The monoisotopic (exact) mass is 382 g/mol. The minimum atomic E-state index is -0.402. The number of hydrogen-bond acceptors (Lipinski definition) is 4. The van der Waals surface area contributed by atoms with Gasteiger partial charge in [0.2, 0.25) is 0 Å². The summed E-state index contributed by atoms with van der Waals surface area (Å²) >= 11 is 0. The molecule has 6 nitrogen and oxygen atoms in total. The fraction of sp³-hybridized carbons (Fsp3) is 0.0870. The van der Waals surface area contributed by atoms with Gasteiger partial charge in [-0.15, -0.1) is 0 Å². The third kappa shape index (κ3) is 3.80. The lowest BCUT2D eigenvalue weighted by atomic mass is 10.1. The molecule has 0 bridgehead atoms. The summed E-state index contributed by atoms with van der Waals surface area (Å²) in [4.78, 5) is 12.1. The van der Waals surface area contributed by atoms with Crippen LogP contribution < -0.4 is 5.43 Å². The van der Waals surface area contributed by atoms with Crippen molar-refractivity contribution in [1.29, 1.82) is 5.26 Å². The van der Waals surface area contributed by atoms with Crippen molar-refractivity contribution in [3.63, 3.8) is 0 Å². The van der Waals surface area contributed by atoms with Crippen molar-refractivity contribution < 1.29 is 9.21 Å². The van der Waals surface area contributed by atoms with Crippen molar-refractivity contribution in [2.75, 3.05) is 0 Å². The molecule has 2 aromatic heterocycles. The molecule has 0 saturated heterocycles. The van der Waals surface area contributed by atoms with E-state index in [1.54, 1.807) is 25.3 Å². The van der Waals surface area contributed by atoms with Crippen molar-refractivity contribution in [3.8, 4) is 6.07 Å². The highest BCUT2D eigenvalue weighted by Crippen LogP contribution is 2.22. The van der Waals surface area contributed by atoms with E-state index < -0.39 is 5.91 Å². The van der Waals surface area contributed by atoms with Crippen molar-refractivity contribution in [3.05, 3.63) is 95.1 Å². The van der Waals surface area contributed by atoms with Gasteiger partial charge in [-0.25, -0.2) is 5.43 Å². The Hall–Kier alpha value is -4.11. The maximum Gasteiger partial charge on any atom is 0.307 e. The zero-order chi connectivity index (χ0) is 20.2. The van der Waals surface area contributed by atoms with Crippen LogP contribution >= 0.6 is 0 Å². The Morgan fingerprint density at radius 2 is 1.97 bits per heavy atom. The lowest BCUT2D eigenvalue weighted by Crippen LogP contribution is -2.16. The van der Waals surface area contributed by atoms with Crippen molar-refractivity contribution in [2.24, 2.45) is 5.10 Å². The Bertz CT molecular complexity index is 1260. The summed E-state index contributed by atoms with van der Waals surface area (Å²) in [7, 11) is 0. The van der Waals surface area contributed by atoms with Crippen LogP contribution in [-0.2, 0) is 6.54 Å². The Labute approximate surface area is 167 Å². The molecule has 0 aliphatic heterocycles. The molecule has 4 rings (SSSR count). The third-order valence-electron chi connectivity index (χ3n) is 4.63. The number of para-hydroxylation sites is 1. The molecule has 0 aliphatic rings. The predicted molar refractivity (Wildman–Crippen MR) is 111 cm³/mol. The van der Waals surface area contributed by atoms with E-state index in [0.29, 0.717) is 17.9 Å². The Kier molecular flexibility index (Phi) is 4.95. The van der Waals surface area contributed by atoms with E-state index in [-0.39, 0.29) is 5.76 Å². The molecule has 0 atom stereocenters. The van der Waals surface area contributed by atoms with Crippen molar-refractivity contribution >= 4 is 23.0 Å². The normalized spacial score (nSPS) is 11.0. The Morgan fingerprint density at radius 3 is 2.76 bits per heavy atom. The predicted octanol–water partition coefficient (Wildman–Crippen LogP) is 4.23. The minimum absolute atomic E-state index is 0.218. The quantitative estimate of drug-likeness (QED) is 0.414. The molecule has 0 fully saturated rings. The van der Waals surface area contributed by atoms with Gasteiger partial charge in [-0.1, -0.05) is 36.4 Å². The largest absolute Gasteiger partial charge is 0.456 e. The number of hydrogen-bond donors (Lipinski definition) is 1. The highest BCUT2D eigenvalue weighted by Gasteiger charge is 2.10. The number of amides is 1. The van der Waals surface area contributed by atoms with Crippen LogP contribution in [0.3, 0.4) is 0 Å². The van der Waals surface area contributed by atoms with E-state index in [1.807, 2.05) is 54.7 Å². The van der Waals surface area contributed by atoms with Crippen LogP contribution in [0, 0.1) is 18.3 Å². The van der Waals surface area contributed by atoms with Crippen LogP contribution in [0.15, 0.2) is 76.4 Å². The average molecular weight is 382 g/mol. The highest BCUT2D eigenvalue weighted by molar-refractivity contribution is 6.00. The Morgan fingerprint density at radius 1 is 1.17 bits per heavy atom. The van der Waals surface area contributed by atoms with Gasteiger partial charge in [-0.2, -0.15) is 10.4 Å². The number of fused-ring (bicyclic) bond motifs is 1. The number of carbonyl (C=O) groups excluding carboxylic acids is 1. The number of benzene rings is 2. The van der Waals surface area contributed by atoms with E-state index in [4.69, 9.17) is 4.42 Å². The van der Waals surface area contributed by atoms with Gasteiger partial charge in [-0.3, -0.25) is 4.79 Å². The molecule has 6 heteroatoms. The number of nitrogens with zero attached hydrogens (tertiary/aromatic N) is 3. The molecule has 1 N–H and O–H groups in total. The third-order valence-corrected chi connectivity index (χ3v) is 4.63. The average Bonchev–Trinajstić information content (AvgIpc) is 3.33. The number of rotatable bonds is 5. The zero-order valence-electron chi connectivity index (χ0n) is 15.8. The summed E-state index contributed by atoms with van der Waals surface area (Å²) in [5, 5.41) is 14.4. The molecule has 2 heterocycles. The van der Waals surface area contributed by atoms with Crippen LogP contribution in [0.1, 0.15) is 33.0 Å². The molecule has 0 spiro atoms. The topological polar surface area (TPSA) is 83.3 Å². The number of aryl methyl sites for hydroxylation is 1. The number of hydrazone groups is 1. The summed E-state index contributed by atoms with van der Waals surface area (Å²) in [5.41, 5.74) is 5.98. The number of aromatic nitrogens is 1. The molecule has 29 heavy (non-hydrogen) atoms. The van der Waals surface area contributed by atoms with Crippen molar-refractivity contribution in [2.45, 2.75) is 13.5 Å². The molecular formula is C23H18N4O2. The first-order chi connectivity index (χ1) is 14.2. The summed E-state index contributed by atoms with van der Waals surface area (Å²) in [6.07, 6.45) is 3.58. The molecule has 142 valence electrons. The molecular weight excluding hydrogens is 364 g/mol. The number of nitriles is 1. The molecule has 1 amide bonds. The second kappa shape index (κ2) is 7.87. The second-order valence-corrected chi connectivity index (χ2v) is 6.61. The SMILES string of the molecule is Cc1ccc(C(=O)N/N=C\c2cn(Cc3ccccc3C#N)c3ccccc23)o1. The molecule has 2 aromatic carbocycles. The zero-order valence-corrected chi connectivity index (χ0v) is 15.8. The molecule has 0 aliphatic carbocycles. The van der Waals surface area contributed by atoms with E-state index in [9.17, 15) is 10.1 Å². The minimum Gasteiger partial charge on any atom is -0.456 e. The van der Waals surface area contributed by atoms with Gasteiger partial charge in [0, 0.05) is 29.2 Å². The lowest BCUT2D eigenvalue weighted by molar-refractivity contribution is 0.0926. The van der Waals surface area contributed by atoms with Gasteiger partial charge >= 0.3 is 5.91 Å². The number of nitrogens with one attached hydrogen (secondary N) is 1. The first kappa shape index (κ1) is 18.3. The fourth-order valence-corrected chi connectivity index (χ4v) is 3.23. The summed E-state index contributed by atoms with van der Waals surface area (Å²) in [5.74, 6) is 0.482. The highest BCUT2D eigenvalue weighted by atomic mass is 16.3. The van der Waals surface area contributed by atoms with E-state index in [2.05, 4.69) is 21.2 Å². The van der Waals surface area contributed by atoms with E-state index in [1.165, 1.54) is 0 Å². The van der Waals surface area contributed by atoms with Gasteiger partial charge in [0.15, 0.2) is 5.76 Å². The van der Waals surface area contributed by atoms with Gasteiger partial charge in [0.25, 0.3) is 0 Å². The van der Waals surface area contributed by atoms with Crippen LogP contribution in [-0.4, -0.2) is 16.7 Å². The molecule has 0 radical (unpaired) electrons. The van der Waals surface area contributed by atoms with Crippen molar-refractivity contribution in [1.82, 2.24) is 9.99 Å². The fourth-order valence-electron chi connectivity index (χ4n) is 3.23. The van der Waals surface area contributed by atoms with E-state index >= 15 is 0 Å². The second-order valence-electron chi connectivity index (χ2n) is 6.61. The van der Waals surface area contributed by atoms with Gasteiger partial charge in [0.1, 0.15) is 5.76 Å². The van der Waals surface area contributed by atoms with Crippen LogP contribution in [0.25, 0.3) is 10.9 Å². The summed E-state index contributed by atoms with van der Waals surface area (Å²) in [6, 6.07) is 21.1. The smallest absolute Gasteiger partial charge is 0.307 e. The maximum absolute atomic E-state index is 12.1. The molecule has 0 saturated carbocycles. The van der Waals surface area contributed by atoms with E-state index in [0.717, 1.165) is 22.0 Å². The maximum atomic E-state index is 12.1. The summed E-state index contributed by atoms with van der Waals surface area (Å²) < 4.78 is 7.37. The van der Waals surface area contributed by atoms with Gasteiger partial charge < -0.3 is 8.98 Å². The first-order valence-electron chi connectivity index (χ1n) is 9.11. The van der Waals surface area contributed by atoms with Crippen LogP contribution in [0.2, 0.25) is 0 Å². The van der Waals surface area contributed by atoms with Gasteiger partial charge in [-0.05, 0) is 36.8 Å². The number of furan rings is 1. The van der Waals surface area contributed by atoms with Crippen LogP contribution in [0.4, 0.5) is 0 Å². The van der Waals surface area contributed by atoms with Crippen LogP contribution in [0.5, 0.6) is 0 Å². The summed E-state index contributed by atoms with van der Waals surface area (Å²) in [6.45, 7) is 2.34.